The van der Waals surface area contributed by atoms with Gasteiger partial charge in [-0.1, -0.05) is 6.42 Å². The number of hydrogen-bond donors (Lipinski definition) is 1. The van der Waals surface area contributed by atoms with Crippen molar-refractivity contribution in [3.05, 3.63) is 10.4 Å². The highest BCUT2D eigenvalue weighted by molar-refractivity contribution is 7.10. The lowest BCUT2D eigenvalue weighted by atomic mass is 9.89. The van der Waals surface area contributed by atoms with Gasteiger partial charge in [0, 0.05) is 11.3 Å². The quantitative estimate of drug-likeness (QED) is 0.746. The van der Waals surface area contributed by atoms with Crippen LogP contribution >= 0.6 is 11.3 Å². The Hall–Kier alpha value is -0.570. The molecular weight excluding hydrogens is 180 g/mol. The van der Waals surface area contributed by atoms with Gasteiger partial charge in [-0.05, 0) is 31.1 Å². The monoisotopic (exact) mass is 194 g/mol. The topological polar surface area (TPSA) is 38.9 Å². The molecule has 0 radical (unpaired) electrons. The third-order valence-electron chi connectivity index (χ3n) is 3.59. The maximum Gasteiger partial charge on any atom is 0.134 e. The van der Waals surface area contributed by atoms with E-state index in [9.17, 15) is 0 Å². The van der Waals surface area contributed by atoms with Gasteiger partial charge in [0.25, 0.3) is 0 Å². The fourth-order valence-corrected chi connectivity index (χ4v) is 3.93. The predicted octanol–water partition coefficient (Wildman–Crippen LogP) is 2.63. The first-order valence-corrected chi connectivity index (χ1v) is 5.92. The van der Waals surface area contributed by atoms with Crippen molar-refractivity contribution in [3.63, 3.8) is 0 Å². The zero-order valence-corrected chi connectivity index (χ0v) is 8.39. The number of hydrogen-bond acceptors (Lipinski definition) is 3. The molecule has 0 saturated heterocycles. The Morgan fingerprint density at radius 1 is 1.38 bits per heavy atom. The van der Waals surface area contributed by atoms with Gasteiger partial charge in [-0.25, -0.2) is 4.98 Å². The molecule has 2 saturated carbocycles. The van der Waals surface area contributed by atoms with Gasteiger partial charge in [0.1, 0.15) is 5.82 Å². The number of nitrogen functional groups attached to an aromatic ring is 1. The molecule has 70 valence electrons. The van der Waals surface area contributed by atoms with E-state index in [0.717, 1.165) is 17.8 Å². The van der Waals surface area contributed by atoms with Crippen LogP contribution in [0.25, 0.3) is 0 Å². The summed E-state index contributed by atoms with van der Waals surface area (Å²) in [7, 11) is 0. The Morgan fingerprint density at radius 2 is 2.31 bits per heavy atom. The lowest BCUT2D eigenvalue weighted by Crippen LogP contribution is -2.08. The second-order valence-electron chi connectivity index (χ2n) is 4.39. The highest BCUT2D eigenvalue weighted by Gasteiger charge is 2.41. The second kappa shape index (κ2) is 2.71. The van der Waals surface area contributed by atoms with Gasteiger partial charge in [-0.3, -0.25) is 0 Å². The van der Waals surface area contributed by atoms with E-state index in [4.69, 9.17) is 5.73 Å². The maximum atomic E-state index is 5.64. The van der Waals surface area contributed by atoms with E-state index in [1.807, 2.05) is 5.38 Å². The van der Waals surface area contributed by atoms with Crippen LogP contribution in [0.3, 0.4) is 0 Å². The van der Waals surface area contributed by atoms with E-state index in [0.29, 0.717) is 5.82 Å². The van der Waals surface area contributed by atoms with Gasteiger partial charge in [0.05, 0.1) is 5.01 Å². The molecule has 0 aromatic carbocycles. The normalized spacial score (nSPS) is 37.1. The molecule has 3 atom stereocenters. The molecule has 1 heterocycles. The number of nitrogens with zero attached hydrogens (tertiary/aromatic N) is 1. The summed E-state index contributed by atoms with van der Waals surface area (Å²) in [5, 5.41) is 3.27. The summed E-state index contributed by atoms with van der Waals surface area (Å²) in [5.74, 6) is 3.39. The van der Waals surface area contributed by atoms with Crippen LogP contribution in [0.4, 0.5) is 5.82 Å². The summed E-state index contributed by atoms with van der Waals surface area (Å²) in [5.41, 5.74) is 5.64. The first-order valence-electron chi connectivity index (χ1n) is 5.04. The number of nitrogens with two attached hydrogens (primary N) is 1. The average Bonchev–Trinajstić information content (AvgIpc) is 2.77. The Bertz CT molecular complexity index is 320. The third kappa shape index (κ3) is 1.17. The van der Waals surface area contributed by atoms with Crippen LogP contribution < -0.4 is 5.73 Å². The van der Waals surface area contributed by atoms with E-state index in [1.165, 1.54) is 30.7 Å². The predicted molar refractivity (Wildman–Crippen MR) is 54.7 cm³/mol. The molecule has 3 rings (SSSR count). The Balaban J connectivity index is 1.87. The fourth-order valence-electron chi connectivity index (χ4n) is 3.02. The van der Waals surface area contributed by atoms with Crippen molar-refractivity contribution in [2.75, 3.05) is 5.73 Å². The minimum absolute atomic E-state index is 0.711. The molecule has 0 aliphatic heterocycles. The van der Waals surface area contributed by atoms with Crippen LogP contribution in [0.5, 0.6) is 0 Å². The highest BCUT2D eigenvalue weighted by atomic mass is 32.1. The van der Waals surface area contributed by atoms with Gasteiger partial charge < -0.3 is 5.73 Å². The van der Waals surface area contributed by atoms with Crippen molar-refractivity contribution >= 4 is 17.2 Å². The molecule has 2 nitrogen and oxygen atoms in total. The molecule has 2 bridgehead atoms. The minimum Gasteiger partial charge on any atom is -0.383 e. The zero-order chi connectivity index (χ0) is 8.84. The summed E-state index contributed by atoms with van der Waals surface area (Å²) < 4.78 is 0. The van der Waals surface area contributed by atoms with Gasteiger partial charge in [-0.2, -0.15) is 0 Å². The van der Waals surface area contributed by atoms with Crippen LogP contribution in [0.1, 0.15) is 36.6 Å². The standard InChI is InChI=1S/C10H14N2S/c11-9-5-13-10(12-9)8-4-6-1-2-7(8)3-6/h5-8H,1-4,11H2. The van der Waals surface area contributed by atoms with Crippen molar-refractivity contribution in [2.45, 2.75) is 31.6 Å². The molecule has 1 aromatic rings. The molecular formula is C10H14N2S. The molecule has 0 spiro atoms. The van der Waals surface area contributed by atoms with Crippen molar-refractivity contribution in [1.29, 1.82) is 0 Å². The van der Waals surface area contributed by atoms with Crippen molar-refractivity contribution < 1.29 is 0 Å². The van der Waals surface area contributed by atoms with Crippen molar-refractivity contribution in [3.8, 4) is 0 Å². The number of anilines is 1. The molecule has 1 aromatic heterocycles. The van der Waals surface area contributed by atoms with Crippen LogP contribution in [0.2, 0.25) is 0 Å². The van der Waals surface area contributed by atoms with Crippen LogP contribution in [-0.4, -0.2) is 4.98 Å². The van der Waals surface area contributed by atoms with E-state index in [1.54, 1.807) is 11.3 Å². The number of aromatic nitrogens is 1. The molecule has 3 heteroatoms. The van der Waals surface area contributed by atoms with Gasteiger partial charge in [0.2, 0.25) is 0 Å². The number of rotatable bonds is 1. The Labute approximate surface area is 82.2 Å². The van der Waals surface area contributed by atoms with Gasteiger partial charge in [0.15, 0.2) is 0 Å². The number of fused-ring (bicyclic) bond motifs is 2. The summed E-state index contributed by atoms with van der Waals surface area (Å²) in [6.45, 7) is 0. The average molecular weight is 194 g/mol. The smallest absolute Gasteiger partial charge is 0.134 e. The minimum atomic E-state index is 0.711. The van der Waals surface area contributed by atoms with Crippen LogP contribution in [0, 0.1) is 11.8 Å². The lowest BCUT2D eigenvalue weighted by Gasteiger charge is -2.18. The third-order valence-corrected chi connectivity index (χ3v) is 4.59. The summed E-state index contributed by atoms with van der Waals surface area (Å²) >= 11 is 1.75. The largest absolute Gasteiger partial charge is 0.383 e. The fraction of sp³-hybridized carbons (Fsp3) is 0.700. The molecule has 0 amide bonds. The second-order valence-corrected chi connectivity index (χ2v) is 5.28. The molecule has 2 N–H and O–H groups in total. The molecule has 2 fully saturated rings. The van der Waals surface area contributed by atoms with Crippen molar-refractivity contribution in [1.82, 2.24) is 4.98 Å². The van der Waals surface area contributed by atoms with E-state index in [-0.39, 0.29) is 0 Å². The molecule has 2 aliphatic carbocycles. The summed E-state index contributed by atoms with van der Waals surface area (Å²) in [4.78, 5) is 4.41. The highest BCUT2D eigenvalue weighted by Crippen LogP contribution is 2.53. The van der Waals surface area contributed by atoms with E-state index < -0.39 is 0 Å². The van der Waals surface area contributed by atoms with Crippen molar-refractivity contribution in [2.24, 2.45) is 11.8 Å². The number of thiazole rings is 1. The van der Waals surface area contributed by atoms with Crippen LogP contribution in [-0.2, 0) is 0 Å². The zero-order valence-electron chi connectivity index (χ0n) is 7.57. The van der Waals surface area contributed by atoms with Gasteiger partial charge >= 0.3 is 0 Å². The molecule has 2 aliphatic rings. The summed E-state index contributed by atoms with van der Waals surface area (Å²) in [6, 6.07) is 0. The first-order chi connectivity index (χ1) is 6.33. The van der Waals surface area contributed by atoms with Gasteiger partial charge in [-0.15, -0.1) is 11.3 Å². The molecule has 3 unspecified atom stereocenters. The Kier molecular flexibility index (Phi) is 1.62. The summed E-state index contributed by atoms with van der Waals surface area (Å²) in [6.07, 6.45) is 5.71. The van der Waals surface area contributed by atoms with E-state index in [2.05, 4.69) is 4.98 Å². The lowest BCUT2D eigenvalue weighted by molar-refractivity contribution is 0.419. The molecule has 13 heavy (non-hydrogen) atoms. The SMILES string of the molecule is Nc1csc(C2CC3CCC2C3)n1. The first kappa shape index (κ1) is 7.80. The van der Waals surface area contributed by atoms with E-state index >= 15 is 0 Å². The van der Waals surface area contributed by atoms with Crippen LogP contribution in [0.15, 0.2) is 5.38 Å². The Morgan fingerprint density at radius 3 is 2.85 bits per heavy atom. The maximum absolute atomic E-state index is 5.64.